The lowest BCUT2D eigenvalue weighted by Gasteiger charge is -2.35. The molecule has 10 nitrogen and oxygen atoms in total. The summed E-state index contributed by atoms with van der Waals surface area (Å²) in [4.78, 5) is 29.1. The van der Waals surface area contributed by atoms with E-state index in [4.69, 9.17) is 22.3 Å². The number of aromatic nitrogens is 4. The molecule has 1 saturated heterocycles. The Balaban J connectivity index is 1.64. The zero-order valence-electron chi connectivity index (χ0n) is 21.8. The SMILES string of the molecule is C=CC(=O)N1CCN(c2nc(NCCC(N)=NC)nc3c(F)c(-c4c(C)ccc5[nH]ncc45)c(Cl)cc23)CC1. The first kappa shape index (κ1) is 26.4. The summed E-state index contributed by atoms with van der Waals surface area (Å²) in [5, 5.41) is 11.7. The molecule has 4 N–H and O–H groups in total. The molecule has 0 aliphatic carbocycles. The van der Waals surface area contributed by atoms with Gasteiger partial charge >= 0.3 is 0 Å². The Morgan fingerprint density at radius 1 is 1.26 bits per heavy atom. The lowest BCUT2D eigenvalue weighted by Crippen LogP contribution is -2.48. The van der Waals surface area contributed by atoms with E-state index >= 15 is 4.39 Å². The summed E-state index contributed by atoms with van der Waals surface area (Å²) >= 11 is 6.80. The van der Waals surface area contributed by atoms with Gasteiger partial charge in [-0.3, -0.25) is 14.9 Å². The van der Waals surface area contributed by atoms with Crippen LogP contribution in [0.5, 0.6) is 0 Å². The Bertz CT molecular complexity index is 1610. The van der Waals surface area contributed by atoms with Crippen LogP contribution in [0.3, 0.4) is 0 Å². The fraction of sp³-hybridized carbons (Fsp3) is 0.296. The van der Waals surface area contributed by atoms with E-state index in [2.05, 4.69) is 32.1 Å². The number of carbonyl (C=O) groups excluding carboxylic acids is 1. The van der Waals surface area contributed by atoms with Crippen molar-refractivity contribution in [3.63, 3.8) is 0 Å². The van der Waals surface area contributed by atoms with Gasteiger partial charge in [0.2, 0.25) is 11.9 Å². The number of fused-ring (bicyclic) bond motifs is 2. The lowest BCUT2D eigenvalue weighted by atomic mass is 9.95. The summed E-state index contributed by atoms with van der Waals surface area (Å²) in [6, 6.07) is 5.52. The Morgan fingerprint density at radius 2 is 2.03 bits per heavy atom. The molecule has 0 saturated carbocycles. The number of rotatable bonds is 7. The number of aliphatic imine (C=N–C) groups is 1. The first-order chi connectivity index (χ1) is 18.8. The first-order valence-corrected chi connectivity index (χ1v) is 12.9. The van der Waals surface area contributed by atoms with E-state index in [9.17, 15) is 4.79 Å². The van der Waals surface area contributed by atoms with Gasteiger partial charge in [0.1, 0.15) is 11.3 Å². The van der Waals surface area contributed by atoms with E-state index in [0.29, 0.717) is 61.7 Å². The van der Waals surface area contributed by atoms with Crippen LogP contribution in [-0.4, -0.2) is 76.6 Å². The quantitative estimate of drug-likeness (QED) is 0.181. The number of anilines is 2. The van der Waals surface area contributed by atoms with Gasteiger partial charge in [-0.1, -0.05) is 24.2 Å². The maximum absolute atomic E-state index is 16.5. The van der Waals surface area contributed by atoms with Gasteiger partial charge in [-0.05, 0) is 30.7 Å². The van der Waals surface area contributed by atoms with Crippen LogP contribution in [0.4, 0.5) is 16.2 Å². The molecule has 1 fully saturated rings. The molecule has 3 heterocycles. The Labute approximate surface area is 229 Å². The van der Waals surface area contributed by atoms with Crippen LogP contribution in [0.1, 0.15) is 12.0 Å². The number of carbonyl (C=O) groups is 1. The van der Waals surface area contributed by atoms with Crippen LogP contribution in [-0.2, 0) is 4.79 Å². The average Bonchev–Trinajstić information content (AvgIpc) is 3.42. The van der Waals surface area contributed by atoms with Crippen LogP contribution in [0.15, 0.2) is 42.0 Å². The number of hydrogen-bond acceptors (Lipinski definition) is 7. The molecule has 1 amide bonds. The van der Waals surface area contributed by atoms with Crippen molar-refractivity contribution in [2.24, 2.45) is 10.7 Å². The zero-order valence-corrected chi connectivity index (χ0v) is 22.5. The van der Waals surface area contributed by atoms with Gasteiger partial charge in [-0.25, -0.2) is 9.37 Å². The third-order valence-corrected chi connectivity index (χ3v) is 7.26. The number of nitrogens with one attached hydrogen (secondary N) is 2. The molecular weight excluding hydrogens is 521 g/mol. The van der Waals surface area contributed by atoms with Crippen LogP contribution in [0.2, 0.25) is 5.02 Å². The Morgan fingerprint density at radius 3 is 2.74 bits per heavy atom. The highest BCUT2D eigenvalue weighted by Gasteiger charge is 2.26. The molecule has 0 bridgehead atoms. The second-order valence-electron chi connectivity index (χ2n) is 9.31. The summed E-state index contributed by atoms with van der Waals surface area (Å²) in [7, 11) is 1.62. The Kier molecular flexibility index (Phi) is 7.34. The van der Waals surface area contributed by atoms with Crippen molar-refractivity contribution in [2.75, 3.05) is 50.0 Å². The number of hydrogen-bond donors (Lipinski definition) is 3. The molecule has 0 atom stereocenters. The summed E-state index contributed by atoms with van der Waals surface area (Å²) in [5.74, 6) is 0.612. The van der Waals surface area contributed by atoms with Gasteiger partial charge < -0.3 is 20.9 Å². The van der Waals surface area contributed by atoms with Crippen LogP contribution < -0.4 is 16.0 Å². The molecule has 1 aliphatic heterocycles. The predicted octanol–water partition coefficient (Wildman–Crippen LogP) is 3.90. The molecule has 202 valence electrons. The molecule has 2 aromatic heterocycles. The molecule has 5 rings (SSSR count). The van der Waals surface area contributed by atoms with E-state index in [0.717, 1.165) is 16.5 Å². The third kappa shape index (κ3) is 4.97. The van der Waals surface area contributed by atoms with Gasteiger partial charge in [-0.2, -0.15) is 10.1 Å². The highest BCUT2D eigenvalue weighted by Crippen LogP contribution is 2.42. The van der Waals surface area contributed by atoms with Crippen molar-refractivity contribution >= 4 is 56.9 Å². The van der Waals surface area contributed by atoms with Crippen LogP contribution in [0.25, 0.3) is 32.9 Å². The maximum atomic E-state index is 16.5. The fourth-order valence-electron chi connectivity index (χ4n) is 4.87. The molecular formula is C27H29ClFN9O. The van der Waals surface area contributed by atoms with Gasteiger partial charge in [0.15, 0.2) is 5.82 Å². The standard InChI is InChI=1S/C27H29ClFN9O/c1-4-21(39)37-9-11-38(12-10-37)26-16-13-18(28)23(22-15(2)5-6-19-17(22)14-33-36-19)24(29)25(16)34-27(35-26)32-8-7-20(30)31-3/h4-6,13-14H,1,7-12H2,2-3H3,(H2,30,31)(H,33,36)(H,32,34,35). The number of amidine groups is 1. The summed E-state index contributed by atoms with van der Waals surface area (Å²) in [6.45, 7) is 7.89. The van der Waals surface area contributed by atoms with Crippen LogP contribution >= 0.6 is 11.6 Å². The highest BCUT2D eigenvalue weighted by molar-refractivity contribution is 6.35. The van der Waals surface area contributed by atoms with E-state index in [1.54, 1.807) is 24.2 Å². The van der Waals surface area contributed by atoms with Crippen molar-refractivity contribution < 1.29 is 9.18 Å². The number of halogens is 2. The lowest BCUT2D eigenvalue weighted by molar-refractivity contribution is -0.126. The number of aromatic amines is 1. The number of nitrogens with zero attached hydrogens (tertiary/aromatic N) is 6. The minimum Gasteiger partial charge on any atom is -0.387 e. The smallest absolute Gasteiger partial charge is 0.246 e. The number of H-pyrrole nitrogens is 1. The van der Waals surface area contributed by atoms with Crippen molar-refractivity contribution in [2.45, 2.75) is 13.3 Å². The van der Waals surface area contributed by atoms with E-state index in [-0.39, 0.29) is 28.0 Å². The monoisotopic (exact) mass is 549 g/mol. The van der Waals surface area contributed by atoms with Crippen molar-refractivity contribution in [3.8, 4) is 11.1 Å². The normalized spacial score (nSPS) is 14.3. The predicted molar refractivity (Wildman–Crippen MR) is 154 cm³/mol. The van der Waals surface area contributed by atoms with Crippen molar-refractivity contribution in [1.82, 2.24) is 25.1 Å². The fourth-order valence-corrected chi connectivity index (χ4v) is 5.16. The van der Waals surface area contributed by atoms with E-state index in [1.807, 2.05) is 24.0 Å². The van der Waals surface area contributed by atoms with Gasteiger partial charge in [0.05, 0.1) is 22.6 Å². The number of aryl methyl sites for hydroxylation is 1. The molecule has 2 aromatic carbocycles. The average molecular weight is 550 g/mol. The molecule has 1 aliphatic rings. The minimum atomic E-state index is -0.545. The second-order valence-corrected chi connectivity index (χ2v) is 9.72. The summed E-state index contributed by atoms with van der Waals surface area (Å²) in [5.41, 5.74) is 8.53. The molecule has 0 unspecified atom stereocenters. The Hall–Kier alpha value is -4.25. The summed E-state index contributed by atoms with van der Waals surface area (Å²) < 4.78 is 16.5. The molecule has 0 radical (unpaired) electrons. The van der Waals surface area contributed by atoms with Gasteiger partial charge in [0.25, 0.3) is 0 Å². The minimum absolute atomic E-state index is 0.123. The molecule has 0 spiro atoms. The molecule has 39 heavy (non-hydrogen) atoms. The van der Waals surface area contributed by atoms with Gasteiger partial charge in [-0.15, -0.1) is 0 Å². The molecule has 4 aromatic rings. The van der Waals surface area contributed by atoms with E-state index < -0.39 is 5.82 Å². The first-order valence-electron chi connectivity index (χ1n) is 12.6. The maximum Gasteiger partial charge on any atom is 0.246 e. The van der Waals surface area contributed by atoms with Crippen molar-refractivity contribution in [1.29, 1.82) is 0 Å². The van der Waals surface area contributed by atoms with Crippen molar-refractivity contribution in [3.05, 3.63) is 53.5 Å². The van der Waals surface area contributed by atoms with Gasteiger partial charge in [0, 0.05) is 68.1 Å². The zero-order chi connectivity index (χ0) is 27.7. The van der Waals surface area contributed by atoms with Crippen LogP contribution in [0, 0.1) is 12.7 Å². The topological polar surface area (TPSA) is 128 Å². The second kappa shape index (κ2) is 10.9. The number of benzene rings is 2. The number of nitrogens with two attached hydrogens (primary N) is 1. The summed E-state index contributed by atoms with van der Waals surface area (Å²) in [6.07, 6.45) is 3.45. The highest BCUT2D eigenvalue weighted by atomic mass is 35.5. The van der Waals surface area contributed by atoms with E-state index in [1.165, 1.54) is 6.08 Å². The largest absolute Gasteiger partial charge is 0.387 e. The number of piperazine rings is 1. The number of amides is 1. The third-order valence-electron chi connectivity index (χ3n) is 6.96. The molecule has 12 heteroatoms.